The van der Waals surface area contributed by atoms with E-state index in [0.29, 0.717) is 0 Å². The van der Waals surface area contributed by atoms with Crippen LogP contribution in [0, 0.1) is 5.92 Å². The predicted octanol–water partition coefficient (Wildman–Crippen LogP) is 0.670. The minimum Gasteiger partial charge on any atom is -0.315 e. The normalized spacial score (nSPS) is 27.4. The van der Waals surface area contributed by atoms with E-state index in [0.717, 1.165) is 25.0 Å². The monoisotopic (exact) mass is 211 g/mol. The van der Waals surface area contributed by atoms with Gasteiger partial charge in [-0.25, -0.2) is 0 Å². The minimum absolute atomic E-state index is 0.857. The lowest BCUT2D eigenvalue weighted by Crippen LogP contribution is -2.30. The van der Waals surface area contributed by atoms with Crippen molar-refractivity contribution in [3.63, 3.8) is 0 Å². The highest BCUT2D eigenvalue weighted by Gasteiger charge is 2.20. The second-order valence-corrected chi connectivity index (χ2v) is 5.18. The molecule has 1 unspecified atom stereocenters. The van der Waals surface area contributed by atoms with Crippen molar-refractivity contribution in [3.05, 3.63) is 0 Å². The van der Waals surface area contributed by atoms with Crippen LogP contribution < -0.4 is 10.6 Å². The van der Waals surface area contributed by atoms with E-state index in [1.54, 1.807) is 0 Å². The Morgan fingerprint density at radius 2 is 2.00 bits per heavy atom. The number of likely N-dealkylation sites (tertiary alicyclic amines) is 1. The van der Waals surface area contributed by atoms with Crippen LogP contribution in [0.1, 0.15) is 25.7 Å². The Hall–Kier alpha value is -0.120. The molecule has 0 amide bonds. The first kappa shape index (κ1) is 11.4. The molecule has 0 spiro atoms. The van der Waals surface area contributed by atoms with Crippen molar-refractivity contribution in [2.24, 2.45) is 5.92 Å². The maximum absolute atomic E-state index is 3.53. The third-order valence-corrected chi connectivity index (χ3v) is 3.53. The maximum atomic E-state index is 3.53. The zero-order valence-electron chi connectivity index (χ0n) is 9.97. The van der Waals surface area contributed by atoms with Crippen molar-refractivity contribution < 1.29 is 0 Å². The molecule has 1 aliphatic heterocycles. The first-order valence-corrected chi connectivity index (χ1v) is 6.47. The second-order valence-electron chi connectivity index (χ2n) is 5.18. The molecule has 3 heteroatoms. The topological polar surface area (TPSA) is 27.3 Å². The van der Waals surface area contributed by atoms with Crippen LogP contribution in [0.3, 0.4) is 0 Å². The Labute approximate surface area is 93.6 Å². The molecule has 0 radical (unpaired) electrons. The number of hydrogen-bond donors (Lipinski definition) is 2. The van der Waals surface area contributed by atoms with Crippen molar-refractivity contribution >= 4 is 0 Å². The average Bonchev–Trinajstić information content (AvgIpc) is 2.95. The molecule has 1 aliphatic carbocycles. The molecule has 2 rings (SSSR count). The summed E-state index contributed by atoms with van der Waals surface area (Å²) in [5, 5.41) is 7.05. The molecule has 2 aliphatic rings. The van der Waals surface area contributed by atoms with Crippen molar-refractivity contribution in [2.45, 2.75) is 31.7 Å². The summed E-state index contributed by atoms with van der Waals surface area (Å²) in [6, 6.07) is 0.857. The maximum Gasteiger partial charge on any atom is 0.00793 e. The van der Waals surface area contributed by atoms with Crippen LogP contribution in [0.15, 0.2) is 0 Å². The summed E-state index contributed by atoms with van der Waals surface area (Å²) in [5.41, 5.74) is 0. The molecule has 2 N–H and O–H groups in total. The molecule has 1 heterocycles. The SMILES string of the molecule is CN1CCC(CCNCCNC2CC2)C1. The number of nitrogens with zero attached hydrogens (tertiary/aromatic N) is 1. The van der Waals surface area contributed by atoms with Gasteiger partial charge < -0.3 is 15.5 Å². The van der Waals surface area contributed by atoms with E-state index in [9.17, 15) is 0 Å². The number of nitrogens with one attached hydrogen (secondary N) is 2. The molecule has 88 valence electrons. The van der Waals surface area contributed by atoms with Crippen molar-refractivity contribution in [2.75, 3.05) is 39.8 Å². The summed E-state index contributed by atoms with van der Waals surface area (Å²) in [6.07, 6.45) is 5.55. The minimum atomic E-state index is 0.857. The fraction of sp³-hybridized carbons (Fsp3) is 1.00. The standard InChI is InChI=1S/C12H25N3/c1-15-9-5-11(10-15)4-6-13-7-8-14-12-2-3-12/h11-14H,2-10H2,1H3. The number of hydrogen-bond acceptors (Lipinski definition) is 3. The van der Waals surface area contributed by atoms with E-state index in [1.165, 1.54) is 45.3 Å². The molecule has 1 atom stereocenters. The Morgan fingerprint density at radius 3 is 2.67 bits per heavy atom. The van der Waals surface area contributed by atoms with Gasteiger partial charge in [0.05, 0.1) is 0 Å². The van der Waals surface area contributed by atoms with Gasteiger partial charge in [-0.1, -0.05) is 0 Å². The van der Waals surface area contributed by atoms with Gasteiger partial charge in [0.25, 0.3) is 0 Å². The van der Waals surface area contributed by atoms with E-state index in [4.69, 9.17) is 0 Å². The van der Waals surface area contributed by atoms with E-state index >= 15 is 0 Å². The van der Waals surface area contributed by atoms with Crippen LogP contribution in [0.25, 0.3) is 0 Å². The largest absolute Gasteiger partial charge is 0.315 e. The molecular weight excluding hydrogens is 186 g/mol. The van der Waals surface area contributed by atoms with Gasteiger partial charge in [0.1, 0.15) is 0 Å². The van der Waals surface area contributed by atoms with E-state index in [-0.39, 0.29) is 0 Å². The smallest absolute Gasteiger partial charge is 0.00793 e. The van der Waals surface area contributed by atoms with Crippen LogP contribution in [0.2, 0.25) is 0 Å². The third kappa shape index (κ3) is 4.49. The summed E-state index contributed by atoms with van der Waals surface area (Å²) in [7, 11) is 2.23. The Kier molecular flexibility index (Phi) is 4.42. The molecule has 3 nitrogen and oxygen atoms in total. The lowest BCUT2D eigenvalue weighted by molar-refractivity contribution is 0.385. The summed E-state index contributed by atoms with van der Waals surface area (Å²) in [6.45, 7) is 6.09. The fourth-order valence-electron chi connectivity index (χ4n) is 2.35. The fourth-order valence-corrected chi connectivity index (χ4v) is 2.35. The van der Waals surface area contributed by atoms with E-state index in [1.807, 2.05) is 0 Å². The zero-order chi connectivity index (χ0) is 10.5. The Bertz CT molecular complexity index is 180. The quantitative estimate of drug-likeness (QED) is 0.606. The molecular formula is C12H25N3. The molecule has 0 aromatic heterocycles. The van der Waals surface area contributed by atoms with Gasteiger partial charge in [0, 0.05) is 25.7 Å². The molecule has 1 saturated carbocycles. The predicted molar refractivity (Wildman–Crippen MR) is 64.1 cm³/mol. The van der Waals surface area contributed by atoms with Gasteiger partial charge in [-0.3, -0.25) is 0 Å². The summed E-state index contributed by atoms with van der Waals surface area (Å²) < 4.78 is 0. The first-order chi connectivity index (χ1) is 7.34. The summed E-state index contributed by atoms with van der Waals surface area (Å²) in [4.78, 5) is 2.44. The Balaban J connectivity index is 1.38. The third-order valence-electron chi connectivity index (χ3n) is 3.53. The first-order valence-electron chi connectivity index (χ1n) is 6.47. The zero-order valence-corrected chi connectivity index (χ0v) is 9.97. The summed E-state index contributed by atoms with van der Waals surface area (Å²) >= 11 is 0. The van der Waals surface area contributed by atoms with Crippen LogP contribution in [-0.4, -0.2) is 50.7 Å². The van der Waals surface area contributed by atoms with Crippen LogP contribution in [-0.2, 0) is 0 Å². The average molecular weight is 211 g/mol. The van der Waals surface area contributed by atoms with Gasteiger partial charge in [0.15, 0.2) is 0 Å². The highest BCUT2D eigenvalue weighted by atomic mass is 15.1. The molecule has 0 aromatic carbocycles. The van der Waals surface area contributed by atoms with Gasteiger partial charge >= 0.3 is 0 Å². The highest BCUT2D eigenvalue weighted by molar-refractivity contribution is 4.80. The lowest BCUT2D eigenvalue weighted by Gasteiger charge is -2.11. The van der Waals surface area contributed by atoms with E-state index in [2.05, 4.69) is 22.6 Å². The lowest BCUT2D eigenvalue weighted by atomic mass is 10.1. The second kappa shape index (κ2) is 5.83. The van der Waals surface area contributed by atoms with Crippen LogP contribution >= 0.6 is 0 Å². The molecule has 2 fully saturated rings. The summed E-state index contributed by atoms with van der Waals surface area (Å²) in [5.74, 6) is 0.943. The van der Waals surface area contributed by atoms with Gasteiger partial charge in [0.2, 0.25) is 0 Å². The molecule has 15 heavy (non-hydrogen) atoms. The van der Waals surface area contributed by atoms with Crippen LogP contribution in [0.4, 0.5) is 0 Å². The van der Waals surface area contributed by atoms with Gasteiger partial charge in [-0.15, -0.1) is 0 Å². The van der Waals surface area contributed by atoms with Gasteiger partial charge in [-0.2, -0.15) is 0 Å². The van der Waals surface area contributed by atoms with Crippen molar-refractivity contribution in [3.8, 4) is 0 Å². The Morgan fingerprint density at radius 1 is 1.13 bits per heavy atom. The van der Waals surface area contributed by atoms with Crippen molar-refractivity contribution in [1.82, 2.24) is 15.5 Å². The van der Waals surface area contributed by atoms with E-state index < -0.39 is 0 Å². The van der Waals surface area contributed by atoms with Crippen LogP contribution in [0.5, 0.6) is 0 Å². The number of rotatable bonds is 7. The molecule has 0 aromatic rings. The molecule has 1 saturated heterocycles. The molecule has 0 bridgehead atoms. The highest BCUT2D eigenvalue weighted by Crippen LogP contribution is 2.18. The van der Waals surface area contributed by atoms with Gasteiger partial charge in [-0.05, 0) is 51.7 Å². The van der Waals surface area contributed by atoms with Crippen molar-refractivity contribution in [1.29, 1.82) is 0 Å².